The molecule has 1 aliphatic rings. The molecule has 1 aliphatic heterocycles. The Kier molecular flexibility index (Phi) is 11.1. The van der Waals surface area contributed by atoms with Gasteiger partial charge < -0.3 is 10.1 Å². The summed E-state index contributed by atoms with van der Waals surface area (Å²) >= 11 is 13.0. The number of H-pyrrole nitrogens is 1. The summed E-state index contributed by atoms with van der Waals surface area (Å²) in [5, 5.41) is 16.8. The molecule has 1 fully saturated rings. The minimum atomic E-state index is -0.269. The molecule has 2 aromatic carbocycles. The van der Waals surface area contributed by atoms with Crippen molar-refractivity contribution < 1.29 is 5.11 Å². The second-order valence-corrected chi connectivity index (χ2v) is 11.6. The molecular weight excluding hydrogens is 606 g/mol. The standard InChI is InChI=1S/C29H34Cl2N6O2.2ClH/c1-17(2)26-25-28(37(34-26)27-21(30)6-5-7-22(27)31)32-24(33-29(25)39)15-19-8-9-20(23(38)14-19)16-35-10-12-36(13-11-35)18(3)4;;/h5-9,14,17-18,38H,10-13,15-16H2,1-4H3,(H,32,33,39);2*1H. The lowest BCUT2D eigenvalue weighted by molar-refractivity contribution is 0.103. The predicted molar refractivity (Wildman–Crippen MR) is 171 cm³/mol. The van der Waals surface area contributed by atoms with E-state index in [9.17, 15) is 9.90 Å². The molecule has 8 nitrogen and oxygen atoms in total. The van der Waals surface area contributed by atoms with Gasteiger partial charge in [0, 0.05) is 50.7 Å². The summed E-state index contributed by atoms with van der Waals surface area (Å²) in [6, 6.07) is 11.5. The smallest absolute Gasteiger partial charge is 0.262 e. The van der Waals surface area contributed by atoms with Gasteiger partial charge in [-0.25, -0.2) is 9.67 Å². The summed E-state index contributed by atoms with van der Waals surface area (Å²) in [5.74, 6) is 0.697. The first-order valence-corrected chi connectivity index (χ1v) is 14.1. The average Bonchev–Trinajstić information content (AvgIpc) is 3.26. The van der Waals surface area contributed by atoms with Gasteiger partial charge in [-0.05, 0) is 43.5 Å². The van der Waals surface area contributed by atoms with E-state index in [0.717, 1.165) is 37.3 Å². The summed E-state index contributed by atoms with van der Waals surface area (Å²) in [7, 11) is 0. The maximum Gasteiger partial charge on any atom is 0.262 e. The third-order valence-electron chi connectivity index (χ3n) is 7.36. The highest BCUT2D eigenvalue weighted by molar-refractivity contribution is 6.37. The molecule has 4 aromatic rings. The van der Waals surface area contributed by atoms with Crippen LogP contribution >= 0.6 is 48.0 Å². The van der Waals surface area contributed by atoms with E-state index in [1.807, 2.05) is 26.0 Å². The highest BCUT2D eigenvalue weighted by Gasteiger charge is 2.23. The van der Waals surface area contributed by atoms with E-state index in [-0.39, 0.29) is 42.0 Å². The number of fused-ring (bicyclic) bond motifs is 1. The number of halogens is 4. The lowest BCUT2D eigenvalue weighted by Crippen LogP contribution is -2.48. The van der Waals surface area contributed by atoms with Gasteiger partial charge in [-0.15, -0.1) is 24.8 Å². The number of aromatic hydroxyl groups is 1. The molecule has 0 unspecified atom stereocenters. The molecule has 0 atom stereocenters. The highest BCUT2D eigenvalue weighted by atomic mass is 35.5. The molecule has 0 bridgehead atoms. The minimum absolute atomic E-state index is 0. The zero-order valence-electron chi connectivity index (χ0n) is 23.5. The topological polar surface area (TPSA) is 90.3 Å². The Morgan fingerprint density at radius 1 is 1.00 bits per heavy atom. The van der Waals surface area contributed by atoms with Crippen LogP contribution in [0.1, 0.15) is 56.3 Å². The Morgan fingerprint density at radius 3 is 2.24 bits per heavy atom. The van der Waals surface area contributed by atoms with Crippen LogP contribution in [0.15, 0.2) is 41.2 Å². The maximum absolute atomic E-state index is 13.3. The molecule has 12 heteroatoms. The van der Waals surface area contributed by atoms with Gasteiger partial charge in [-0.2, -0.15) is 5.10 Å². The molecule has 2 aromatic heterocycles. The van der Waals surface area contributed by atoms with Gasteiger partial charge >= 0.3 is 0 Å². The van der Waals surface area contributed by atoms with E-state index in [0.29, 0.717) is 57.3 Å². The number of aromatic nitrogens is 4. The molecule has 41 heavy (non-hydrogen) atoms. The number of aromatic amines is 1. The minimum Gasteiger partial charge on any atom is -0.508 e. The molecule has 1 saturated heterocycles. The first-order valence-electron chi connectivity index (χ1n) is 13.4. The third-order valence-corrected chi connectivity index (χ3v) is 7.97. The Bertz CT molecular complexity index is 1540. The van der Waals surface area contributed by atoms with E-state index in [1.165, 1.54) is 0 Å². The fraction of sp³-hybridized carbons (Fsp3) is 0.414. The van der Waals surface area contributed by atoms with E-state index < -0.39 is 0 Å². The van der Waals surface area contributed by atoms with Crippen molar-refractivity contribution in [3.63, 3.8) is 0 Å². The average molecular weight is 642 g/mol. The highest BCUT2D eigenvalue weighted by Crippen LogP contribution is 2.32. The molecule has 222 valence electrons. The summed E-state index contributed by atoms with van der Waals surface area (Å²) in [5.41, 5.74) is 2.97. The Morgan fingerprint density at radius 2 is 1.66 bits per heavy atom. The second kappa shape index (κ2) is 13.8. The monoisotopic (exact) mass is 640 g/mol. The number of rotatable bonds is 7. The molecule has 0 spiro atoms. The fourth-order valence-corrected chi connectivity index (χ4v) is 5.71. The summed E-state index contributed by atoms with van der Waals surface area (Å²) in [4.78, 5) is 25.8. The molecule has 0 aliphatic carbocycles. The number of benzene rings is 2. The summed E-state index contributed by atoms with van der Waals surface area (Å²) in [6.07, 6.45) is 0.338. The zero-order valence-corrected chi connectivity index (χ0v) is 26.7. The van der Waals surface area contributed by atoms with E-state index >= 15 is 0 Å². The van der Waals surface area contributed by atoms with Crippen molar-refractivity contribution in [3.8, 4) is 11.4 Å². The van der Waals surface area contributed by atoms with Gasteiger partial charge in [0.15, 0.2) is 5.65 Å². The quantitative estimate of drug-likeness (QED) is 0.250. The van der Waals surface area contributed by atoms with Gasteiger partial charge in [0.05, 0.1) is 15.7 Å². The molecule has 3 heterocycles. The van der Waals surface area contributed by atoms with Gasteiger partial charge in [-0.1, -0.05) is 55.2 Å². The molecule has 0 saturated carbocycles. The number of piperazine rings is 1. The van der Waals surface area contributed by atoms with Crippen LogP contribution in [0.3, 0.4) is 0 Å². The Balaban J connectivity index is 0.00000231. The zero-order chi connectivity index (χ0) is 27.8. The van der Waals surface area contributed by atoms with Crippen molar-refractivity contribution in [3.05, 3.63) is 79.4 Å². The van der Waals surface area contributed by atoms with E-state index in [1.54, 1.807) is 28.9 Å². The molecule has 5 rings (SSSR count). The summed E-state index contributed by atoms with van der Waals surface area (Å²) < 4.78 is 1.56. The molecule has 2 N–H and O–H groups in total. The first kappa shape index (κ1) is 33.2. The van der Waals surface area contributed by atoms with Crippen LogP contribution in [-0.2, 0) is 13.0 Å². The molecular formula is C29H36Cl4N6O2. The van der Waals surface area contributed by atoms with Crippen molar-refractivity contribution >= 4 is 59.0 Å². The van der Waals surface area contributed by atoms with Crippen molar-refractivity contribution in [1.82, 2.24) is 29.5 Å². The number of para-hydroxylation sites is 1. The van der Waals surface area contributed by atoms with Gasteiger partial charge in [0.25, 0.3) is 5.56 Å². The van der Waals surface area contributed by atoms with Crippen LogP contribution in [0.2, 0.25) is 10.0 Å². The van der Waals surface area contributed by atoms with E-state index in [4.69, 9.17) is 33.3 Å². The van der Waals surface area contributed by atoms with Crippen molar-refractivity contribution in [1.29, 1.82) is 0 Å². The number of phenols is 1. The summed E-state index contributed by atoms with van der Waals surface area (Å²) in [6.45, 7) is 13.1. The maximum atomic E-state index is 13.3. The fourth-order valence-electron chi connectivity index (χ4n) is 5.16. The van der Waals surface area contributed by atoms with Gasteiger partial charge in [0.2, 0.25) is 0 Å². The van der Waals surface area contributed by atoms with Crippen molar-refractivity contribution in [2.75, 3.05) is 26.2 Å². The lowest BCUT2D eigenvalue weighted by atomic mass is 10.1. The SMILES string of the molecule is CC(C)c1nn(-c2c(Cl)cccc2Cl)c2nc(Cc3ccc(CN4CCN(C(C)C)CC4)c(O)c3)[nH]c(=O)c12.Cl.Cl. The van der Waals surface area contributed by atoms with Crippen LogP contribution in [0.4, 0.5) is 0 Å². The number of phenolic OH excluding ortho intramolecular Hbond substituents is 1. The first-order chi connectivity index (χ1) is 18.6. The number of nitrogens with zero attached hydrogens (tertiary/aromatic N) is 5. The normalized spacial score (nSPS) is 14.4. The lowest BCUT2D eigenvalue weighted by Gasteiger charge is -2.37. The largest absolute Gasteiger partial charge is 0.508 e. The van der Waals surface area contributed by atoms with Crippen LogP contribution < -0.4 is 5.56 Å². The van der Waals surface area contributed by atoms with Crippen LogP contribution in [0.25, 0.3) is 16.7 Å². The van der Waals surface area contributed by atoms with Crippen LogP contribution in [0.5, 0.6) is 5.75 Å². The van der Waals surface area contributed by atoms with Crippen LogP contribution in [0, 0.1) is 0 Å². The molecule has 0 radical (unpaired) electrons. The number of nitrogens with one attached hydrogen (secondary N) is 1. The molecule has 0 amide bonds. The Hall–Kier alpha value is -2.33. The van der Waals surface area contributed by atoms with E-state index in [2.05, 4.69) is 28.6 Å². The van der Waals surface area contributed by atoms with Gasteiger partial charge in [0.1, 0.15) is 22.6 Å². The van der Waals surface area contributed by atoms with Crippen LogP contribution in [-0.4, -0.2) is 66.9 Å². The predicted octanol–water partition coefficient (Wildman–Crippen LogP) is 6.21. The van der Waals surface area contributed by atoms with Gasteiger partial charge in [-0.3, -0.25) is 14.6 Å². The second-order valence-electron chi connectivity index (χ2n) is 10.8. The number of hydrogen-bond donors (Lipinski definition) is 2. The third kappa shape index (κ3) is 7.01. The number of hydrogen-bond acceptors (Lipinski definition) is 6. The van der Waals surface area contributed by atoms with Crippen molar-refractivity contribution in [2.24, 2.45) is 0 Å². The van der Waals surface area contributed by atoms with Crippen molar-refractivity contribution in [2.45, 2.75) is 52.6 Å². The Labute approximate surface area is 262 Å².